The SMILES string of the molecule is CCC(O)(CC)c1c[n+](CCCO)nn1C. The smallest absolute Gasteiger partial charge is 0.198 e. The second kappa shape index (κ2) is 5.41. The molecule has 2 N–H and O–H groups in total. The molecule has 16 heavy (non-hydrogen) atoms. The maximum absolute atomic E-state index is 10.4. The summed E-state index contributed by atoms with van der Waals surface area (Å²) >= 11 is 0. The summed E-state index contributed by atoms with van der Waals surface area (Å²) in [7, 11) is 1.83. The van der Waals surface area contributed by atoms with Gasteiger partial charge in [-0.1, -0.05) is 13.8 Å². The minimum atomic E-state index is -0.799. The number of hydrogen-bond donors (Lipinski definition) is 2. The number of aliphatic hydroxyl groups is 2. The van der Waals surface area contributed by atoms with Crippen molar-refractivity contribution in [3.8, 4) is 0 Å². The second-order valence-corrected chi connectivity index (χ2v) is 4.11. The standard InChI is InChI=1S/C11H22N3O2/c1-4-11(16,5-2)10-9-14(7-6-8-15)12-13(10)3/h9,15-16H,4-8H2,1-3H3/q+1. The van der Waals surface area contributed by atoms with Crippen LogP contribution in [0.15, 0.2) is 6.20 Å². The highest BCUT2D eigenvalue weighted by atomic mass is 16.3. The van der Waals surface area contributed by atoms with Crippen LogP contribution in [0.4, 0.5) is 0 Å². The first kappa shape index (κ1) is 13.1. The second-order valence-electron chi connectivity index (χ2n) is 4.11. The van der Waals surface area contributed by atoms with Gasteiger partial charge in [-0.15, -0.1) is 9.36 Å². The van der Waals surface area contributed by atoms with E-state index >= 15 is 0 Å². The molecule has 1 heterocycles. The molecule has 0 fully saturated rings. The third-order valence-electron chi connectivity index (χ3n) is 3.06. The van der Waals surface area contributed by atoms with Crippen LogP contribution < -0.4 is 4.68 Å². The highest BCUT2D eigenvalue weighted by molar-refractivity contribution is 5.04. The van der Waals surface area contributed by atoms with E-state index in [4.69, 9.17) is 5.11 Å². The summed E-state index contributed by atoms with van der Waals surface area (Å²) in [6, 6.07) is 0. The topological polar surface area (TPSA) is 62.2 Å². The lowest BCUT2D eigenvalue weighted by Gasteiger charge is -2.20. The van der Waals surface area contributed by atoms with Crippen LogP contribution in [0, 0.1) is 0 Å². The first-order valence-corrected chi connectivity index (χ1v) is 5.85. The summed E-state index contributed by atoms with van der Waals surface area (Å²) in [5.74, 6) is 0. The van der Waals surface area contributed by atoms with Gasteiger partial charge < -0.3 is 10.2 Å². The number of hydrogen-bond acceptors (Lipinski definition) is 3. The fourth-order valence-corrected chi connectivity index (χ4v) is 1.85. The molecule has 0 aliphatic rings. The van der Waals surface area contributed by atoms with Gasteiger partial charge in [0.25, 0.3) is 0 Å². The van der Waals surface area contributed by atoms with E-state index in [0.29, 0.717) is 25.8 Å². The molecule has 0 amide bonds. The molecular formula is C11H22N3O2+. The zero-order valence-corrected chi connectivity index (χ0v) is 10.3. The van der Waals surface area contributed by atoms with E-state index in [1.165, 1.54) is 0 Å². The molecule has 0 saturated heterocycles. The van der Waals surface area contributed by atoms with E-state index < -0.39 is 5.60 Å². The molecule has 0 bridgehead atoms. The molecule has 5 nitrogen and oxygen atoms in total. The highest BCUT2D eigenvalue weighted by Crippen LogP contribution is 2.26. The van der Waals surface area contributed by atoms with Crippen molar-refractivity contribution in [3.05, 3.63) is 11.9 Å². The number of nitrogens with zero attached hydrogens (tertiary/aromatic N) is 3. The molecule has 0 aromatic carbocycles. The first-order valence-electron chi connectivity index (χ1n) is 5.85. The molecule has 0 unspecified atom stereocenters. The Morgan fingerprint density at radius 1 is 1.44 bits per heavy atom. The van der Waals surface area contributed by atoms with Crippen LogP contribution in [0.25, 0.3) is 0 Å². The van der Waals surface area contributed by atoms with Gasteiger partial charge in [0.2, 0.25) is 0 Å². The van der Waals surface area contributed by atoms with Crippen LogP contribution in [0.5, 0.6) is 0 Å². The van der Waals surface area contributed by atoms with E-state index in [-0.39, 0.29) is 6.61 Å². The molecule has 0 spiro atoms. The third-order valence-corrected chi connectivity index (χ3v) is 3.06. The largest absolute Gasteiger partial charge is 0.396 e. The van der Waals surface area contributed by atoms with E-state index in [0.717, 1.165) is 5.69 Å². The van der Waals surface area contributed by atoms with Gasteiger partial charge in [-0.05, 0) is 12.8 Å². The Labute approximate surface area is 96.3 Å². The number of rotatable bonds is 6. The van der Waals surface area contributed by atoms with Crippen molar-refractivity contribution in [2.24, 2.45) is 7.05 Å². The van der Waals surface area contributed by atoms with Crippen LogP contribution >= 0.6 is 0 Å². The minimum Gasteiger partial charge on any atom is -0.396 e. The van der Waals surface area contributed by atoms with Gasteiger partial charge in [0.15, 0.2) is 11.9 Å². The van der Waals surface area contributed by atoms with Crippen molar-refractivity contribution < 1.29 is 14.9 Å². The van der Waals surface area contributed by atoms with Crippen molar-refractivity contribution in [1.82, 2.24) is 9.90 Å². The third kappa shape index (κ3) is 2.59. The predicted molar refractivity (Wildman–Crippen MR) is 59.6 cm³/mol. The molecule has 92 valence electrons. The van der Waals surface area contributed by atoms with Gasteiger partial charge >= 0.3 is 0 Å². The summed E-state index contributed by atoms with van der Waals surface area (Å²) in [5, 5.41) is 23.4. The Morgan fingerprint density at radius 3 is 2.56 bits per heavy atom. The van der Waals surface area contributed by atoms with E-state index in [2.05, 4.69) is 5.21 Å². The molecule has 0 atom stereocenters. The highest BCUT2D eigenvalue weighted by Gasteiger charge is 2.33. The number of aryl methyl sites for hydroxylation is 2. The maximum Gasteiger partial charge on any atom is 0.198 e. The Hall–Kier alpha value is -0.940. The summed E-state index contributed by atoms with van der Waals surface area (Å²) < 4.78 is 3.48. The Morgan fingerprint density at radius 2 is 2.06 bits per heavy atom. The van der Waals surface area contributed by atoms with Crippen LogP contribution in [0.2, 0.25) is 0 Å². The summed E-state index contributed by atoms with van der Waals surface area (Å²) in [6.45, 7) is 4.77. The summed E-state index contributed by atoms with van der Waals surface area (Å²) in [5.41, 5.74) is 0.0297. The van der Waals surface area contributed by atoms with Crippen molar-refractivity contribution in [1.29, 1.82) is 0 Å². The summed E-state index contributed by atoms with van der Waals surface area (Å²) in [6.07, 6.45) is 3.88. The van der Waals surface area contributed by atoms with Crippen molar-refractivity contribution in [2.45, 2.75) is 45.3 Å². The zero-order valence-electron chi connectivity index (χ0n) is 10.3. The van der Waals surface area contributed by atoms with Crippen molar-refractivity contribution in [2.75, 3.05) is 6.61 Å². The van der Waals surface area contributed by atoms with Gasteiger partial charge in [-0.2, -0.15) is 0 Å². The van der Waals surface area contributed by atoms with Gasteiger partial charge in [-0.3, -0.25) is 0 Å². The Balaban J connectivity index is 2.92. The Bertz CT molecular complexity index is 332. The van der Waals surface area contributed by atoms with E-state index in [9.17, 15) is 5.11 Å². The lowest BCUT2D eigenvalue weighted by Crippen LogP contribution is -2.36. The maximum atomic E-state index is 10.4. The molecule has 0 aliphatic heterocycles. The zero-order chi connectivity index (χ0) is 12.2. The fraction of sp³-hybridized carbons (Fsp3) is 0.818. The van der Waals surface area contributed by atoms with Gasteiger partial charge in [0.1, 0.15) is 19.2 Å². The molecule has 5 heteroatoms. The van der Waals surface area contributed by atoms with Gasteiger partial charge in [0.05, 0.1) is 5.21 Å². The van der Waals surface area contributed by atoms with Crippen LogP contribution in [-0.4, -0.2) is 26.7 Å². The van der Waals surface area contributed by atoms with Crippen molar-refractivity contribution >= 4 is 0 Å². The normalized spacial score (nSPS) is 12.1. The average molecular weight is 228 g/mol. The molecule has 0 saturated carbocycles. The van der Waals surface area contributed by atoms with Crippen molar-refractivity contribution in [3.63, 3.8) is 0 Å². The van der Waals surface area contributed by atoms with Gasteiger partial charge in [0, 0.05) is 13.0 Å². The fourth-order valence-electron chi connectivity index (χ4n) is 1.85. The Kier molecular flexibility index (Phi) is 4.44. The van der Waals surface area contributed by atoms with Crippen LogP contribution in [-0.2, 0) is 19.2 Å². The molecule has 1 aromatic rings. The first-order chi connectivity index (χ1) is 7.57. The average Bonchev–Trinajstić information content (AvgIpc) is 2.67. The molecule has 0 radical (unpaired) electrons. The number of aromatic nitrogens is 3. The van der Waals surface area contributed by atoms with Crippen LogP contribution in [0.3, 0.4) is 0 Å². The van der Waals surface area contributed by atoms with E-state index in [1.807, 2.05) is 27.1 Å². The molecule has 0 aliphatic carbocycles. The molecule has 1 rings (SSSR count). The number of aliphatic hydroxyl groups excluding tert-OH is 1. The molecular weight excluding hydrogens is 206 g/mol. The predicted octanol–water partition coefficient (Wildman–Crippen LogP) is 0.0976. The van der Waals surface area contributed by atoms with Crippen LogP contribution in [0.1, 0.15) is 38.8 Å². The monoisotopic (exact) mass is 228 g/mol. The lowest BCUT2D eigenvalue weighted by molar-refractivity contribution is -0.755. The lowest BCUT2D eigenvalue weighted by atomic mass is 9.94. The van der Waals surface area contributed by atoms with E-state index in [1.54, 1.807) is 9.36 Å². The van der Waals surface area contributed by atoms with Gasteiger partial charge in [-0.25, -0.2) is 0 Å². The minimum absolute atomic E-state index is 0.157. The molecule has 1 aromatic heterocycles. The quantitative estimate of drug-likeness (QED) is 0.679. The summed E-state index contributed by atoms with van der Waals surface area (Å²) in [4.78, 5) is 0.